The first-order chi connectivity index (χ1) is 11.0. The van der Waals surface area contributed by atoms with Gasteiger partial charge in [0.15, 0.2) is 0 Å². The second-order valence-electron chi connectivity index (χ2n) is 6.37. The van der Waals surface area contributed by atoms with Gasteiger partial charge in [0.05, 0.1) is 21.2 Å². The molecule has 2 aromatic heterocycles. The molecule has 3 rings (SSSR count). The van der Waals surface area contributed by atoms with Gasteiger partial charge >= 0.3 is 0 Å². The van der Waals surface area contributed by atoms with Crippen LogP contribution >= 0.6 is 15.9 Å². The molecule has 1 amide bonds. The lowest BCUT2D eigenvalue weighted by Gasteiger charge is -2.33. The number of nitrogens with zero attached hydrogens (tertiary/aromatic N) is 2. The zero-order chi connectivity index (χ0) is 16.6. The molecule has 124 valence electrons. The number of carbonyl (C=O) groups is 1. The van der Waals surface area contributed by atoms with Gasteiger partial charge in [-0.05, 0) is 28.8 Å². The van der Waals surface area contributed by atoms with Crippen LogP contribution in [0.25, 0.3) is 11.0 Å². The van der Waals surface area contributed by atoms with E-state index in [0.29, 0.717) is 0 Å². The Morgan fingerprint density at radius 2 is 2.35 bits per heavy atom. The summed E-state index contributed by atoms with van der Waals surface area (Å²) in [5, 5.41) is 3.93. The number of fused-ring (bicyclic) bond motifs is 1. The molecule has 3 heterocycles. The smallest absolute Gasteiger partial charge is 0.226 e. The molecule has 4 N–H and O–H groups in total. The minimum atomic E-state index is -0.0769. The van der Waals surface area contributed by atoms with Crippen LogP contribution in [0.5, 0.6) is 0 Å². The summed E-state index contributed by atoms with van der Waals surface area (Å²) in [5.41, 5.74) is 8.72. The largest absolute Gasteiger partial charge is 0.368 e. The molecule has 1 aliphatic heterocycles. The first-order valence-electron chi connectivity index (χ1n) is 7.94. The van der Waals surface area contributed by atoms with Crippen LogP contribution in [0, 0.1) is 5.92 Å². The van der Waals surface area contributed by atoms with Crippen LogP contribution in [0.3, 0.4) is 0 Å². The fourth-order valence-electron chi connectivity index (χ4n) is 2.95. The quantitative estimate of drug-likeness (QED) is 0.764. The minimum Gasteiger partial charge on any atom is -0.368 e. The van der Waals surface area contributed by atoms with Crippen LogP contribution in [0.1, 0.15) is 26.7 Å². The van der Waals surface area contributed by atoms with Crippen molar-refractivity contribution in [2.75, 3.05) is 23.3 Å². The zero-order valence-electron chi connectivity index (χ0n) is 13.4. The summed E-state index contributed by atoms with van der Waals surface area (Å²) in [6.07, 6.45) is 5.71. The summed E-state index contributed by atoms with van der Waals surface area (Å²) in [6, 6.07) is 0.173. The van der Waals surface area contributed by atoms with E-state index in [9.17, 15) is 4.79 Å². The number of anilines is 2. The molecule has 0 aliphatic carbocycles. The number of hydrogen-bond acceptors (Lipinski definition) is 4. The second-order valence-corrected chi connectivity index (χ2v) is 7.23. The Labute approximate surface area is 143 Å². The highest BCUT2D eigenvalue weighted by molar-refractivity contribution is 9.10. The Kier molecular flexibility index (Phi) is 4.59. The number of carbonyl (C=O) groups excluding carboxylic acids is 1. The maximum Gasteiger partial charge on any atom is 0.226 e. The number of pyridine rings is 1. The second kappa shape index (κ2) is 6.49. The van der Waals surface area contributed by atoms with Crippen molar-refractivity contribution in [3.8, 4) is 0 Å². The van der Waals surface area contributed by atoms with Crippen molar-refractivity contribution in [2.45, 2.75) is 32.7 Å². The van der Waals surface area contributed by atoms with Crippen LogP contribution in [0.4, 0.5) is 11.4 Å². The molecular formula is C16H22BrN5O. The number of rotatable bonds is 3. The number of hydrogen-bond donors (Lipinski definition) is 3. The third-order valence-corrected chi connectivity index (χ3v) is 4.77. The van der Waals surface area contributed by atoms with E-state index >= 15 is 0 Å². The molecule has 0 aromatic carbocycles. The van der Waals surface area contributed by atoms with Gasteiger partial charge in [-0.1, -0.05) is 13.8 Å². The summed E-state index contributed by atoms with van der Waals surface area (Å²) in [4.78, 5) is 21.9. The van der Waals surface area contributed by atoms with Crippen LogP contribution < -0.4 is 16.0 Å². The van der Waals surface area contributed by atoms with Gasteiger partial charge in [0.2, 0.25) is 5.91 Å². The first-order valence-corrected chi connectivity index (χ1v) is 8.73. The number of piperidine rings is 1. The Bertz CT molecular complexity index is 727. The predicted molar refractivity (Wildman–Crippen MR) is 96.7 cm³/mol. The van der Waals surface area contributed by atoms with Crippen molar-refractivity contribution in [2.24, 2.45) is 11.7 Å². The van der Waals surface area contributed by atoms with Gasteiger partial charge in [0.1, 0.15) is 5.65 Å². The summed E-state index contributed by atoms with van der Waals surface area (Å²) < 4.78 is 0.916. The molecule has 1 atom stereocenters. The topological polar surface area (TPSA) is 87.0 Å². The van der Waals surface area contributed by atoms with E-state index in [1.165, 1.54) is 0 Å². The fraction of sp³-hybridized carbons (Fsp3) is 0.500. The Balaban J connectivity index is 2.06. The van der Waals surface area contributed by atoms with Gasteiger partial charge < -0.3 is 20.9 Å². The lowest BCUT2D eigenvalue weighted by molar-refractivity contribution is -0.118. The number of H-pyrrole nitrogens is 1. The highest BCUT2D eigenvalue weighted by atomic mass is 79.9. The maximum atomic E-state index is 12.1. The standard InChI is InChI=1S/C16H22BrN5O/c1-9(2)16(23)21-12-7-20-15-13(12)14(11(17)6-19-15)22-5-3-4-10(18)8-22/h6-7,9-10H,3-5,8,18H2,1-2H3,(H,19,20)(H,21,23). The summed E-state index contributed by atoms with van der Waals surface area (Å²) in [6.45, 7) is 5.51. The van der Waals surface area contributed by atoms with Crippen LogP contribution in [0.2, 0.25) is 0 Å². The zero-order valence-corrected chi connectivity index (χ0v) is 15.0. The molecule has 1 unspecified atom stereocenters. The monoisotopic (exact) mass is 379 g/mol. The van der Waals surface area contributed by atoms with Crippen molar-refractivity contribution in [1.29, 1.82) is 0 Å². The molecule has 1 aliphatic rings. The number of halogens is 1. The highest BCUT2D eigenvalue weighted by Crippen LogP contribution is 2.38. The number of aromatic nitrogens is 2. The van der Waals surface area contributed by atoms with Crippen molar-refractivity contribution in [3.63, 3.8) is 0 Å². The van der Waals surface area contributed by atoms with Crippen molar-refractivity contribution in [1.82, 2.24) is 9.97 Å². The normalized spacial score (nSPS) is 18.7. The van der Waals surface area contributed by atoms with Gasteiger partial charge in [0, 0.05) is 37.4 Å². The first kappa shape index (κ1) is 16.3. The summed E-state index contributed by atoms with van der Waals surface area (Å²) in [7, 11) is 0. The lowest BCUT2D eigenvalue weighted by Crippen LogP contribution is -2.43. The number of nitrogens with one attached hydrogen (secondary N) is 2. The van der Waals surface area contributed by atoms with Crippen LogP contribution in [0.15, 0.2) is 16.9 Å². The molecule has 2 aromatic rings. The van der Waals surface area contributed by atoms with E-state index in [1.807, 2.05) is 13.8 Å². The van der Waals surface area contributed by atoms with E-state index in [4.69, 9.17) is 5.73 Å². The predicted octanol–water partition coefficient (Wildman–Crippen LogP) is 2.85. The van der Waals surface area contributed by atoms with Gasteiger partial charge in [-0.25, -0.2) is 4.98 Å². The number of nitrogens with two attached hydrogens (primary N) is 1. The van der Waals surface area contributed by atoms with Gasteiger partial charge in [-0.3, -0.25) is 4.79 Å². The molecule has 6 nitrogen and oxygen atoms in total. The lowest BCUT2D eigenvalue weighted by atomic mass is 10.1. The van der Waals surface area contributed by atoms with E-state index in [0.717, 1.165) is 52.8 Å². The maximum absolute atomic E-state index is 12.1. The molecule has 0 bridgehead atoms. The van der Waals surface area contributed by atoms with Gasteiger partial charge in [-0.15, -0.1) is 0 Å². The molecule has 0 saturated carbocycles. The Hall–Kier alpha value is -1.60. The third-order valence-electron chi connectivity index (χ3n) is 4.19. The Morgan fingerprint density at radius 1 is 1.57 bits per heavy atom. The van der Waals surface area contributed by atoms with E-state index in [1.54, 1.807) is 12.4 Å². The molecule has 0 radical (unpaired) electrons. The summed E-state index contributed by atoms with van der Waals surface area (Å²) in [5.74, 6) is -0.0842. The SMILES string of the molecule is CC(C)C(=O)Nc1c[nH]c2ncc(Br)c(N3CCCC(N)C3)c12. The Morgan fingerprint density at radius 3 is 3.04 bits per heavy atom. The summed E-state index contributed by atoms with van der Waals surface area (Å²) >= 11 is 3.62. The van der Waals surface area contributed by atoms with Crippen LogP contribution in [-0.2, 0) is 4.79 Å². The molecule has 0 spiro atoms. The molecule has 23 heavy (non-hydrogen) atoms. The number of aromatic amines is 1. The highest BCUT2D eigenvalue weighted by Gasteiger charge is 2.24. The average Bonchev–Trinajstić information content (AvgIpc) is 2.90. The minimum absolute atomic E-state index is 0.00725. The molecule has 1 fully saturated rings. The van der Waals surface area contributed by atoms with Crippen molar-refractivity contribution >= 4 is 44.2 Å². The van der Waals surface area contributed by atoms with Crippen molar-refractivity contribution < 1.29 is 4.79 Å². The van der Waals surface area contributed by atoms with Crippen molar-refractivity contribution in [3.05, 3.63) is 16.9 Å². The third kappa shape index (κ3) is 3.21. The average molecular weight is 380 g/mol. The van der Waals surface area contributed by atoms with E-state index in [-0.39, 0.29) is 17.9 Å². The molecule has 1 saturated heterocycles. The molecule has 7 heteroatoms. The van der Waals surface area contributed by atoms with E-state index < -0.39 is 0 Å². The number of amides is 1. The van der Waals surface area contributed by atoms with E-state index in [2.05, 4.69) is 36.1 Å². The van der Waals surface area contributed by atoms with Gasteiger partial charge in [-0.2, -0.15) is 0 Å². The molecular weight excluding hydrogens is 358 g/mol. The van der Waals surface area contributed by atoms with Gasteiger partial charge in [0.25, 0.3) is 0 Å². The van der Waals surface area contributed by atoms with Crippen LogP contribution in [-0.4, -0.2) is 35.0 Å². The fourth-order valence-corrected chi connectivity index (χ4v) is 3.51.